The van der Waals surface area contributed by atoms with Crippen LogP contribution in [0.3, 0.4) is 0 Å². The third-order valence-electron chi connectivity index (χ3n) is 5.99. The molecule has 3 heterocycles. The lowest BCUT2D eigenvalue weighted by molar-refractivity contribution is -0.192. The molecule has 11 heteroatoms. The summed E-state index contributed by atoms with van der Waals surface area (Å²) in [4.78, 5) is 23.4. The largest absolute Gasteiger partial charge is 0.490 e. The van der Waals surface area contributed by atoms with E-state index in [9.17, 15) is 18.0 Å². The Kier molecular flexibility index (Phi) is 6.47. The van der Waals surface area contributed by atoms with Gasteiger partial charge in [0.05, 0.1) is 12.7 Å². The van der Waals surface area contributed by atoms with Gasteiger partial charge in [0.2, 0.25) is 12.7 Å². The molecule has 0 radical (unpaired) electrons. The Morgan fingerprint density at radius 1 is 1.16 bits per heavy atom. The monoisotopic (exact) mass is 458 g/mol. The maximum absolute atomic E-state index is 12.1. The molecule has 1 aromatic carbocycles. The lowest BCUT2D eigenvalue weighted by atomic mass is 9.90. The van der Waals surface area contributed by atoms with E-state index in [1.54, 1.807) is 0 Å². The Hall–Kier alpha value is -2.53. The van der Waals surface area contributed by atoms with E-state index < -0.39 is 12.1 Å². The molecular weight excluding hydrogens is 433 g/mol. The van der Waals surface area contributed by atoms with Gasteiger partial charge in [-0.05, 0) is 36.5 Å². The average Bonchev–Trinajstić information content (AvgIpc) is 3.10. The number of ether oxygens (including phenoxy) is 3. The number of carboxylic acids is 1. The molecule has 1 aromatic rings. The summed E-state index contributed by atoms with van der Waals surface area (Å²) in [6, 6.07) is 6.59. The Bertz CT molecular complexity index is 860. The van der Waals surface area contributed by atoms with Crippen LogP contribution in [0, 0.1) is 11.8 Å². The van der Waals surface area contributed by atoms with Crippen LogP contribution in [0.15, 0.2) is 18.2 Å². The van der Waals surface area contributed by atoms with E-state index in [1.165, 1.54) is 5.56 Å². The van der Waals surface area contributed by atoms with Crippen LogP contribution in [0.2, 0.25) is 0 Å². The van der Waals surface area contributed by atoms with Crippen LogP contribution >= 0.6 is 0 Å². The molecule has 0 spiro atoms. The molecule has 176 valence electrons. The normalized spacial score (nSPS) is 26.3. The predicted octanol–water partition coefficient (Wildman–Crippen LogP) is 2.16. The molecule has 32 heavy (non-hydrogen) atoms. The number of hydrogen-bond donors (Lipinski definition) is 2. The molecule has 2 saturated heterocycles. The molecule has 2 N–H and O–H groups in total. The summed E-state index contributed by atoms with van der Waals surface area (Å²) >= 11 is 0. The number of rotatable bonds is 5. The van der Waals surface area contributed by atoms with Crippen LogP contribution in [0.1, 0.15) is 24.8 Å². The van der Waals surface area contributed by atoms with Crippen molar-refractivity contribution < 1.29 is 42.1 Å². The van der Waals surface area contributed by atoms with Crippen molar-refractivity contribution in [2.75, 3.05) is 26.5 Å². The minimum Gasteiger partial charge on any atom is -0.475 e. The molecule has 3 atom stereocenters. The number of carbonyl (C=O) groups excluding carboxylic acids is 1. The lowest BCUT2D eigenvalue weighted by Gasteiger charge is -2.19. The standard InChI is InChI=1S/C19H24N2O4.C2HF3O2/c22-19(20-14-2-3-14)6-13-10-23-18-9-21(8-15(13)18)7-12-1-4-16-17(5-12)25-11-24-16;3-2(4,5)1(6)7/h1,4-5,13-15,18H,2-3,6-11H2,(H,20,22);(H,6,7)/t13-,15-,18-;/m1./s1. The number of nitrogens with one attached hydrogen (secondary N) is 1. The summed E-state index contributed by atoms with van der Waals surface area (Å²) in [5, 5.41) is 10.2. The first-order chi connectivity index (χ1) is 15.2. The highest BCUT2D eigenvalue weighted by molar-refractivity contribution is 5.77. The molecule has 0 bridgehead atoms. The van der Waals surface area contributed by atoms with Crippen LogP contribution < -0.4 is 14.8 Å². The van der Waals surface area contributed by atoms with E-state index in [-0.39, 0.29) is 12.0 Å². The predicted molar refractivity (Wildman–Crippen MR) is 104 cm³/mol. The van der Waals surface area contributed by atoms with E-state index in [4.69, 9.17) is 24.1 Å². The minimum atomic E-state index is -5.08. The van der Waals surface area contributed by atoms with Crippen molar-refractivity contribution in [3.05, 3.63) is 23.8 Å². The summed E-state index contributed by atoms with van der Waals surface area (Å²) in [5.41, 5.74) is 1.23. The molecule has 0 aromatic heterocycles. The van der Waals surface area contributed by atoms with E-state index in [0.29, 0.717) is 31.1 Å². The highest BCUT2D eigenvalue weighted by Crippen LogP contribution is 2.37. The average molecular weight is 458 g/mol. The molecule has 1 amide bonds. The summed E-state index contributed by atoms with van der Waals surface area (Å²) < 4.78 is 48.6. The third-order valence-corrected chi connectivity index (χ3v) is 5.99. The van der Waals surface area contributed by atoms with Gasteiger partial charge < -0.3 is 24.6 Å². The van der Waals surface area contributed by atoms with Gasteiger partial charge in [-0.2, -0.15) is 13.2 Å². The van der Waals surface area contributed by atoms with Gasteiger partial charge in [0.15, 0.2) is 11.5 Å². The van der Waals surface area contributed by atoms with E-state index >= 15 is 0 Å². The Labute approximate surface area is 182 Å². The van der Waals surface area contributed by atoms with Gasteiger partial charge in [0.1, 0.15) is 0 Å². The van der Waals surface area contributed by atoms with Crippen molar-refractivity contribution in [3.8, 4) is 11.5 Å². The number of carboxylic acid groups (broad SMARTS) is 1. The fourth-order valence-corrected chi connectivity index (χ4v) is 4.27. The number of nitrogens with zero attached hydrogens (tertiary/aromatic N) is 1. The number of amides is 1. The number of alkyl halides is 3. The van der Waals surface area contributed by atoms with E-state index in [0.717, 1.165) is 50.6 Å². The van der Waals surface area contributed by atoms with Crippen LogP contribution in [0.5, 0.6) is 11.5 Å². The quantitative estimate of drug-likeness (QED) is 0.698. The maximum atomic E-state index is 12.1. The second-order valence-corrected chi connectivity index (χ2v) is 8.53. The molecule has 0 unspecified atom stereocenters. The number of likely N-dealkylation sites (tertiary alicyclic amines) is 1. The Balaban J connectivity index is 0.000000307. The Morgan fingerprint density at radius 2 is 1.88 bits per heavy atom. The number of aliphatic carboxylic acids is 1. The van der Waals surface area contributed by atoms with Crippen molar-refractivity contribution in [3.63, 3.8) is 0 Å². The SMILES string of the molecule is O=C(C[C@@H]1CO[C@@H]2CN(Cc3ccc4c(c3)OCO4)C[C@H]12)NC1CC1.O=C(O)C(F)(F)F. The smallest absolute Gasteiger partial charge is 0.475 e. The highest BCUT2D eigenvalue weighted by atomic mass is 19.4. The molecule has 1 aliphatic carbocycles. The first-order valence-corrected chi connectivity index (χ1v) is 10.5. The van der Waals surface area contributed by atoms with Gasteiger partial charge in [0.25, 0.3) is 0 Å². The van der Waals surface area contributed by atoms with Gasteiger partial charge in [0, 0.05) is 38.0 Å². The summed E-state index contributed by atoms with van der Waals surface area (Å²) in [6.07, 6.45) is -1.92. The first kappa shape index (κ1) is 22.7. The van der Waals surface area contributed by atoms with Crippen molar-refractivity contribution in [2.24, 2.45) is 11.8 Å². The lowest BCUT2D eigenvalue weighted by Crippen LogP contribution is -2.31. The van der Waals surface area contributed by atoms with E-state index in [2.05, 4.69) is 22.3 Å². The van der Waals surface area contributed by atoms with Crippen LogP contribution in [0.25, 0.3) is 0 Å². The maximum Gasteiger partial charge on any atom is 0.490 e. The number of benzene rings is 1. The van der Waals surface area contributed by atoms with Crippen LogP contribution in [-0.2, 0) is 20.9 Å². The van der Waals surface area contributed by atoms with Crippen molar-refractivity contribution in [2.45, 2.75) is 44.1 Å². The van der Waals surface area contributed by atoms with Crippen molar-refractivity contribution >= 4 is 11.9 Å². The van der Waals surface area contributed by atoms with Crippen LogP contribution in [-0.4, -0.2) is 66.7 Å². The van der Waals surface area contributed by atoms with Gasteiger partial charge >= 0.3 is 12.1 Å². The van der Waals surface area contributed by atoms with Gasteiger partial charge in [-0.25, -0.2) is 4.79 Å². The van der Waals surface area contributed by atoms with E-state index in [1.807, 2.05) is 6.07 Å². The Morgan fingerprint density at radius 3 is 2.56 bits per heavy atom. The molecular formula is C21H25F3N2O6. The zero-order valence-electron chi connectivity index (χ0n) is 17.3. The zero-order chi connectivity index (χ0) is 22.9. The second-order valence-electron chi connectivity index (χ2n) is 8.53. The van der Waals surface area contributed by atoms with Crippen molar-refractivity contribution in [1.29, 1.82) is 0 Å². The number of carbonyl (C=O) groups is 2. The highest BCUT2D eigenvalue weighted by Gasteiger charge is 2.44. The summed E-state index contributed by atoms with van der Waals surface area (Å²) in [6.45, 7) is 3.87. The number of fused-ring (bicyclic) bond motifs is 2. The van der Waals surface area contributed by atoms with Gasteiger partial charge in [-0.15, -0.1) is 0 Å². The summed E-state index contributed by atoms with van der Waals surface area (Å²) in [7, 11) is 0. The second kappa shape index (κ2) is 9.14. The molecule has 4 aliphatic rings. The number of halogens is 3. The van der Waals surface area contributed by atoms with Gasteiger partial charge in [-0.3, -0.25) is 9.69 Å². The van der Waals surface area contributed by atoms with Crippen molar-refractivity contribution in [1.82, 2.24) is 10.2 Å². The zero-order valence-corrected chi connectivity index (χ0v) is 17.3. The first-order valence-electron chi connectivity index (χ1n) is 10.5. The summed E-state index contributed by atoms with van der Waals surface area (Å²) in [5.74, 6) is -0.0715. The molecule has 1 saturated carbocycles. The minimum absolute atomic E-state index is 0.200. The fourth-order valence-electron chi connectivity index (χ4n) is 4.27. The molecule has 3 aliphatic heterocycles. The van der Waals surface area contributed by atoms with Crippen LogP contribution in [0.4, 0.5) is 13.2 Å². The van der Waals surface area contributed by atoms with Gasteiger partial charge in [-0.1, -0.05) is 6.07 Å². The molecule has 3 fully saturated rings. The fraction of sp³-hybridized carbons (Fsp3) is 0.619. The topological polar surface area (TPSA) is 97.3 Å². The molecule has 5 rings (SSSR count). The molecule has 8 nitrogen and oxygen atoms in total. The third kappa shape index (κ3) is 5.63. The number of hydrogen-bond acceptors (Lipinski definition) is 6.